The second-order valence-corrected chi connectivity index (χ2v) is 9.10. The summed E-state index contributed by atoms with van der Waals surface area (Å²) in [5, 5.41) is 3.16. The summed E-state index contributed by atoms with van der Waals surface area (Å²) in [5.41, 5.74) is -0.409. The lowest BCUT2D eigenvalue weighted by molar-refractivity contribution is -0.143. The summed E-state index contributed by atoms with van der Waals surface area (Å²) in [6.07, 6.45) is 3.33. The number of hydrogen-bond acceptors (Lipinski definition) is 3. The van der Waals surface area contributed by atoms with Crippen LogP contribution in [0.15, 0.2) is 0 Å². The van der Waals surface area contributed by atoms with Crippen LogP contribution in [0.3, 0.4) is 0 Å². The molecule has 0 aromatic heterocycles. The fourth-order valence-electron chi connectivity index (χ4n) is 3.78. The molecule has 26 heavy (non-hydrogen) atoms. The van der Waals surface area contributed by atoms with E-state index in [0.717, 1.165) is 32.2 Å². The molecule has 2 fully saturated rings. The van der Waals surface area contributed by atoms with Gasteiger partial charge in [0.05, 0.1) is 5.92 Å². The molecule has 2 saturated heterocycles. The van der Waals surface area contributed by atoms with Crippen LogP contribution in [-0.2, 0) is 14.4 Å². The van der Waals surface area contributed by atoms with Gasteiger partial charge < -0.3 is 15.1 Å². The number of carbonyl (C=O) groups excluding carboxylic acids is 3. The van der Waals surface area contributed by atoms with Gasteiger partial charge in [0.1, 0.15) is 0 Å². The van der Waals surface area contributed by atoms with E-state index in [4.69, 9.17) is 0 Å². The summed E-state index contributed by atoms with van der Waals surface area (Å²) in [6, 6.07) is 0.132. The molecule has 0 aromatic rings. The lowest BCUT2D eigenvalue weighted by Gasteiger charge is -2.37. The van der Waals surface area contributed by atoms with Crippen molar-refractivity contribution in [1.29, 1.82) is 0 Å². The minimum Gasteiger partial charge on any atom is -0.353 e. The molecule has 0 radical (unpaired) electrons. The maximum atomic E-state index is 12.7. The van der Waals surface area contributed by atoms with Crippen molar-refractivity contribution in [2.24, 2.45) is 17.3 Å². The van der Waals surface area contributed by atoms with Gasteiger partial charge in [0, 0.05) is 43.6 Å². The Morgan fingerprint density at radius 3 is 2.12 bits per heavy atom. The van der Waals surface area contributed by atoms with Crippen molar-refractivity contribution < 1.29 is 14.4 Å². The van der Waals surface area contributed by atoms with Crippen molar-refractivity contribution in [2.45, 2.75) is 66.3 Å². The van der Waals surface area contributed by atoms with Gasteiger partial charge in [-0.15, -0.1) is 0 Å². The molecule has 1 N–H and O–H groups in total. The maximum Gasteiger partial charge on any atom is 0.227 e. The molecule has 0 bridgehead atoms. The first kappa shape index (κ1) is 20.7. The van der Waals surface area contributed by atoms with Crippen LogP contribution in [0.1, 0.15) is 60.3 Å². The summed E-state index contributed by atoms with van der Waals surface area (Å²) in [7, 11) is 0. The van der Waals surface area contributed by atoms with Crippen LogP contribution >= 0.6 is 0 Å². The van der Waals surface area contributed by atoms with E-state index >= 15 is 0 Å². The van der Waals surface area contributed by atoms with Crippen molar-refractivity contribution in [1.82, 2.24) is 15.1 Å². The van der Waals surface area contributed by atoms with Crippen molar-refractivity contribution >= 4 is 17.7 Å². The highest BCUT2D eigenvalue weighted by Crippen LogP contribution is 2.24. The lowest BCUT2D eigenvalue weighted by Crippen LogP contribution is -2.52. The average Bonchev–Trinajstić information content (AvgIpc) is 2.60. The van der Waals surface area contributed by atoms with Gasteiger partial charge in [-0.2, -0.15) is 0 Å². The van der Waals surface area contributed by atoms with Crippen LogP contribution in [0, 0.1) is 17.3 Å². The Bertz CT molecular complexity index is 531. The number of rotatable bonds is 3. The summed E-state index contributed by atoms with van der Waals surface area (Å²) in [6.45, 7) is 12.3. The third-order valence-corrected chi connectivity index (χ3v) is 5.37. The summed E-state index contributed by atoms with van der Waals surface area (Å²) in [4.78, 5) is 41.0. The predicted octanol–water partition coefficient (Wildman–Crippen LogP) is 2.03. The van der Waals surface area contributed by atoms with E-state index in [2.05, 4.69) is 5.32 Å². The molecule has 6 nitrogen and oxygen atoms in total. The van der Waals surface area contributed by atoms with E-state index in [1.807, 2.05) is 44.4 Å². The quantitative estimate of drug-likeness (QED) is 0.832. The van der Waals surface area contributed by atoms with Crippen LogP contribution in [0.2, 0.25) is 0 Å². The van der Waals surface area contributed by atoms with E-state index in [0.29, 0.717) is 19.6 Å². The average molecular weight is 366 g/mol. The van der Waals surface area contributed by atoms with Gasteiger partial charge in [0.2, 0.25) is 17.7 Å². The fourth-order valence-corrected chi connectivity index (χ4v) is 3.78. The molecule has 2 rings (SSSR count). The van der Waals surface area contributed by atoms with E-state index in [9.17, 15) is 14.4 Å². The monoisotopic (exact) mass is 365 g/mol. The van der Waals surface area contributed by atoms with Gasteiger partial charge in [-0.25, -0.2) is 0 Å². The minimum absolute atomic E-state index is 0.0229. The second kappa shape index (κ2) is 8.40. The molecule has 1 atom stereocenters. The third-order valence-electron chi connectivity index (χ3n) is 5.37. The Morgan fingerprint density at radius 1 is 0.962 bits per heavy atom. The summed E-state index contributed by atoms with van der Waals surface area (Å²) >= 11 is 0. The Morgan fingerprint density at radius 2 is 1.58 bits per heavy atom. The van der Waals surface area contributed by atoms with Gasteiger partial charge in [-0.05, 0) is 25.7 Å². The molecule has 1 unspecified atom stereocenters. The highest BCUT2D eigenvalue weighted by Gasteiger charge is 2.34. The van der Waals surface area contributed by atoms with Crippen LogP contribution in [-0.4, -0.2) is 59.7 Å². The molecular weight excluding hydrogens is 330 g/mol. The van der Waals surface area contributed by atoms with Gasteiger partial charge >= 0.3 is 0 Å². The summed E-state index contributed by atoms with van der Waals surface area (Å²) < 4.78 is 0. The molecule has 2 aliphatic rings. The molecule has 148 valence electrons. The zero-order valence-corrected chi connectivity index (χ0v) is 17.0. The van der Waals surface area contributed by atoms with Crippen LogP contribution in [0.5, 0.6) is 0 Å². The molecule has 6 heteroatoms. The standard InChI is InChI=1S/C20H35N3O3/c1-14(2)18(25)22-11-8-16(9-12-22)21-17(24)15-7-6-10-23(13-15)19(26)20(3,4)5/h14-16H,6-13H2,1-5H3,(H,21,24). The highest BCUT2D eigenvalue weighted by atomic mass is 16.2. The molecule has 0 spiro atoms. The van der Waals surface area contributed by atoms with E-state index < -0.39 is 5.41 Å². The zero-order chi connectivity index (χ0) is 19.5. The van der Waals surface area contributed by atoms with Crippen molar-refractivity contribution in [3.63, 3.8) is 0 Å². The van der Waals surface area contributed by atoms with Gasteiger partial charge in [-0.1, -0.05) is 34.6 Å². The number of amides is 3. The SMILES string of the molecule is CC(C)C(=O)N1CCC(NC(=O)C2CCCN(C(=O)C(C)(C)C)C2)CC1. The van der Waals surface area contributed by atoms with Gasteiger partial charge in [0.25, 0.3) is 0 Å². The molecule has 2 heterocycles. The molecule has 2 aliphatic heterocycles. The largest absolute Gasteiger partial charge is 0.353 e. The van der Waals surface area contributed by atoms with Crippen LogP contribution in [0.25, 0.3) is 0 Å². The van der Waals surface area contributed by atoms with Gasteiger partial charge in [-0.3, -0.25) is 14.4 Å². The number of nitrogens with one attached hydrogen (secondary N) is 1. The number of hydrogen-bond donors (Lipinski definition) is 1. The minimum atomic E-state index is -0.409. The number of piperidine rings is 2. The van der Waals surface area contributed by atoms with E-state index in [-0.39, 0.29) is 35.6 Å². The number of nitrogens with zero attached hydrogens (tertiary/aromatic N) is 2. The number of carbonyl (C=O) groups is 3. The third kappa shape index (κ3) is 5.21. The number of likely N-dealkylation sites (tertiary alicyclic amines) is 2. The highest BCUT2D eigenvalue weighted by molar-refractivity contribution is 5.84. The normalized spacial score (nSPS) is 22.5. The molecule has 3 amide bonds. The predicted molar refractivity (Wildman–Crippen MR) is 101 cm³/mol. The first-order valence-corrected chi connectivity index (χ1v) is 9.98. The molecule has 0 aliphatic carbocycles. The van der Waals surface area contributed by atoms with Crippen LogP contribution in [0.4, 0.5) is 0 Å². The smallest absolute Gasteiger partial charge is 0.227 e. The Balaban J connectivity index is 1.83. The van der Waals surface area contributed by atoms with Crippen LogP contribution < -0.4 is 5.32 Å². The second-order valence-electron chi connectivity index (χ2n) is 9.10. The Kier molecular flexibility index (Phi) is 6.69. The van der Waals surface area contributed by atoms with Crippen molar-refractivity contribution in [2.75, 3.05) is 26.2 Å². The first-order chi connectivity index (χ1) is 12.1. The lowest BCUT2D eigenvalue weighted by atomic mass is 9.90. The molecular formula is C20H35N3O3. The van der Waals surface area contributed by atoms with E-state index in [1.165, 1.54) is 0 Å². The molecule has 0 aromatic carbocycles. The topological polar surface area (TPSA) is 69.7 Å². The Labute approximate surface area is 157 Å². The zero-order valence-electron chi connectivity index (χ0n) is 17.0. The van der Waals surface area contributed by atoms with Crippen molar-refractivity contribution in [3.05, 3.63) is 0 Å². The Hall–Kier alpha value is -1.59. The first-order valence-electron chi connectivity index (χ1n) is 9.98. The van der Waals surface area contributed by atoms with E-state index in [1.54, 1.807) is 0 Å². The summed E-state index contributed by atoms with van der Waals surface area (Å²) in [5.74, 6) is 0.277. The van der Waals surface area contributed by atoms with Crippen molar-refractivity contribution in [3.8, 4) is 0 Å². The fraction of sp³-hybridized carbons (Fsp3) is 0.850. The maximum absolute atomic E-state index is 12.7. The van der Waals surface area contributed by atoms with Gasteiger partial charge in [0.15, 0.2) is 0 Å². The molecule has 0 saturated carbocycles.